The monoisotopic (exact) mass is 300 g/mol. The number of anilines is 1. The van der Waals surface area contributed by atoms with Crippen molar-refractivity contribution in [2.75, 3.05) is 18.4 Å². The molecule has 2 atom stereocenters. The molecule has 0 amide bonds. The van der Waals surface area contributed by atoms with E-state index in [1.807, 2.05) is 6.07 Å². The van der Waals surface area contributed by atoms with Crippen molar-refractivity contribution < 1.29 is 0 Å². The van der Waals surface area contributed by atoms with Crippen LogP contribution in [0.15, 0.2) is 29.6 Å². The van der Waals surface area contributed by atoms with Gasteiger partial charge in [0, 0.05) is 12.1 Å². The van der Waals surface area contributed by atoms with Crippen LogP contribution in [-0.2, 0) is 0 Å². The quantitative estimate of drug-likeness (QED) is 0.945. The predicted octanol–water partition coefficient (Wildman–Crippen LogP) is 3.10. The van der Waals surface area contributed by atoms with Gasteiger partial charge in [-0.2, -0.15) is 0 Å². The van der Waals surface area contributed by atoms with E-state index in [-0.39, 0.29) is 0 Å². The second kappa shape index (κ2) is 5.39. The summed E-state index contributed by atoms with van der Waals surface area (Å²) in [6.45, 7) is 4.84. The molecular formula is C16H20N4S. The zero-order valence-corrected chi connectivity index (χ0v) is 13.0. The van der Waals surface area contributed by atoms with Crippen molar-refractivity contribution in [1.82, 2.24) is 15.1 Å². The lowest BCUT2D eigenvalue weighted by Gasteiger charge is -2.50. The van der Waals surface area contributed by atoms with Gasteiger partial charge in [0.1, 0.15) is 11.5 Å². The maximum Gasteiger partial charge on any atom is 0.148 e. The van der Waals surface area contributed by atoms with Crippen LogP contribution in [0.2, 0.25) is 0 Å². The molecule has 3 saturated heterocycles. The zero-order valence-electron chi connectivity index (χ0n) is 12.2. The van der Waals surface area contributed by atoms with E-state index >= 15 is 0 Å². The molecule has 3 fully saturated rings. The van der Waals surface area contributed by atoms with Crippen molar-refractivity contribution in [1.29, 1.82) is 0 Å². The van der Waals surface area contributed by atoms with Crippen LogP contribution in [0.1, 0.15) is 19.8 Å². The molecule has 21 heavy (non-hydrogen) atoms. The normalized spacial score (nSPS) is 31.3. The van der Waals surface area contributed by atoms with Crippen LogP contribution >= 0.6 is 11.3 Å². The highest BCUT2D eigenvalue weighted by atomic mass is 32.1. The van der Waals surface area contributed by atoms with E-state index in [1.165, 1.54) is 30.8 Å². The van der Waals surface area contributed by atoms with Crippen molar-refractivity contribution in [3.63, 3.8) is 0 Å². The van der Waals surface area contributed by atoms with Crippen molar-refractivity contribution in [3.8, 4) is 10.6 Å². The van der Waals surface area contributed by atoms with Crippen LogP contribution in [-0.4, -0.2) is 40.3 Å². The van der Waals surface area contributed by atoms with Crippen LogP contribution in [0.3, 0.4) is 0 Å². The van der Waals surface area contributed by atoms with Gasteiger partial charge in [-0.15, -0.1) is 21.5 Å². The predicted molar refractivity (Wildman–Crippen MR) is 86.5 cm³/mol. The molecule has 0 saturated carbocycles. The molecule has 3 aliphatic rings. The Morgan fingerprint density at radius 2 is 2.05 bits per heavy atom. The first-order chi connectivity index (χ1) is 10.3. The fourth-order valence-corrected chi connectivity index (χ4v) is 4.37. The minimum absolute atomic E-state index is 0.509. The third kappa shape index (κ3) is 2.45. The SMILES string of the molecule is C[C@@H]1[C@H](Nc2ccc(-c3cccs3)nn2)C2CCN1CC2. The summed E-state index contributed by atoms with van der Waals surface area (Å²) in [5, 5.41) is 14.4. The van der Waals surface area contributed by atoms with Gasteiger partial charge in [-0.25, -0.2) is 0 Å². The Balaban J connectivity index is 1.50. The van der Waals surface area contributed by atoms with Gasteiger partial charge < -0.3 is 5.32 Å². The summed E-state index contributed by atoms with van der Waals surface area (Å²) in [5.41, 5.74) is 0.956. The third-order valence-corrected chi connectivity index (χ3v) is 5.82. The molecule has 2 aromatic rings. The maximum atomic E-state index is 4.37. The van der Waals surface area contributed by atoms with Gasteiger partial charge in [-0.1, -0.05) is 6.07 Å². The summed E-state index contributed by atoms with van der Waals surface area (Å²) < 4.78 is 0. The molecular weight excluding hydrogens is 280 g/mol. The van der Waals surface area contributed by atoms with Gasteiger partial charge in [0.25, 0.3) is 0 Å². The Morgan fingerprint density at radius 1 is 1.19 bits per heavy atom. The summed E-state index contributed by atoms with van der Waals surface area (Å²) in [6.07, 6.45) is 2.62. The summed E-state index contributed by atoms with van der Waals surface area (Å²) in [6, 6.07) is 9.35. The first-order valence-electron chi connectivity index (χ1n) is 7.69. The summed E-state index contributed by atoms with van der Waals surface area (Å²) >= 11 is 1.70. The zero-order chi connectivity index (χ0) is 14.2. The number of thiophene rings is 1. The van der Waals surface area contributed by atoms with Crippen LogP contribution < -0.4 is 5.32 Å². The second-order valence-corrected chi connectivity index (χ2v) is 7.01. The lowest BCUT2D eigenvalue weighted by atomic mass is 9.79. The van der Waals surface area contributed by atoms with Crippen LogP contribution in [0.5, 0.6) is 0 Å². The van der Waals surface area contributed by atoms with Crippen molar-refractivity contribution in [2.24, 2.45) is 5.92 Å². The van der Waals surface area contributed by atoms with Crippen molar-refractivity contribution >= 4 is 17.2 Å². The topological polar surface area (TPSA) is 41.1 Å². The number of aromatic nitrogens is 2. The molecule has 0 unspecified atom stereocenters. The van der Waals surface area contributed by atoms with E-state index in [0.29, 0.717) is 12.1 Å². The highest BCUT2D eigenvalue weighted by Gasteiger charge is 2.39. The number of hydrogen-bond acceptors (Lipinski definition) is 5. The number of piperidine rings is 3. The first kappa shape index (κ1) is 13.2. The van der Waals surface area contributed by atoms with E-state index in [0.717, 1.165) is 17.4 Å². The lowest BCUT2D eigenvalue weighted by molar-refractivity contribution is 0.0457. The Morgan fingerprint density at radius 3 is 2.67 bits per heavy atom. The molecule has 1 N–H and O–H groups in total. The summed E-state index contributed by atoms with van der Waals surface area (Å²) in [7, 11) is 0. The highest BCUT2D eigenvalue weighted by molar-refractivity contribution is 7.13. The largest absolute Gasteiger partial charge is 0.364 e. The molecule has 2 bridgehead atoms. The van der Waals surface area contributed by atoms with Crippen molar-refractivity contribution in [2.45, 2.75) is 31.8 Å². The molecule has 4 nitrogen and oxygen atoms in total. The minimum atomic E-state index is 0.509. The third-order valence-electron chi connectivity index (χ3n) is 4.93. The Labute approximate surface area is 129 Å². The fourth-order valence-electron chi connectivity index (χ4n) is 3.68. The smallest absolute Gasteiger partial charge is 0.148 e. The average Bonchev–Trinajstić information content (AvgIpc) is 3.06. The molecule has 3 aliphatic heterocycles. The van der Waals surface area contributed by atoms with E-state index in [2.05, 4.69) is 50.9 Å². The van der Waals surface area contributed by atoms with Crippen molar-refractivity contribution in [3.05, 3.63) is 29.6 Å². The molecule has 5 heterocycles. The molecule has 5 heteroatoms. The second-order valence-electron chi connectivity index (χ2n) is 6.07. The van der Waals surface area contributed by atoms with Gasteiger partial charge in [0.2, 0.25) is 0 Å². The van der Waals surface area contributed by atoms with E-state index in [4.69, 9.17) is 0 Å². The Bertz CT molecular complexity index is 585. The van der Waals surface area contributed by atoms with Crippen LogP contribution in [0.4, 0.5) is 5.82 Å². The average molecular weight is 300 g/mol. The molecule has 0 radical (unpaired) electrons. The maximum absolute atomic E-state index is 4.37. The molecule has 0 spiro atoms. The van der Waals surface area contributed by atoms with E-state index < -0.39 is 0 Å². The van der Waals surface area contributed by atoms with E-state index in [9.17, 15) is 0 Å². The number of nitrogens with zero attached hydrogens (tertiary/aromatic N) is 3. The number of rotatable bonds is 3. The number of hydrogen-bond donors (Lipinski definition) is 1. The fraction of sp³-hybridized carbons (Fsp3) is 0.500. The molecule has 0 aromatic carbocycles. The van der Waals surface area contributed by atoms with Crippen LogP contribution in [0, 0.1) is 5.92 Å². The van der Waals surface area contributed by atoms with Gasteiger partial charge in [-0.05, 0) is 62.4 Å². The van der Waals surface area contributed by atoms with Gasteiger partial charge in [-0.3, -0.25) is 4.90 Å². The lowest BCUT2D eigenvalue weighted by Crippen LogP contribution is -2.59. The van der Waals surface area contributed by atoms with Gasteiger partial charge in [0.15, 0.2) is 0 Å². The molecule has 110 valence electrons. The minimum Gasteiger partial charge on any atom is -0.364 e. The Kier molecular flexibility index (Phi) is 3.39. The van der Waals surface area contributed by atoms with Gasteiger partial charge in [0.05, 0.1) is 4.88 Å². The highest BCUT2D eigenvalue weighted by Crippen LogP contribution is 2.33. The van der Waals surface area contributed by atoms with E-state index in [1.54, 1.807) is 11.3 Å². The molecule has 0 aliphatic carbocycles. The first-order valence-corrected chi connectivity index (χ1v) is 8.57. The number of fused-ring (bicyclic) bond motifs is 3. The van der Waals surface area contributed by atoms with Gasteiger partial charge >= 0.3 is 0 Å². The summed E-state index contributed by atoms with van der Waals surface area (Å²) in [5.74, 6) is 1.68. The summed E-state index contributed by atoms with van der Waals surface area (Å²) in [4.78, 5) is 3.76. The Hall–Kier alpha value is -1.46. The number of nitrogens with one attached hydrogen (secondary N) is 1. The molecule has 5 rings (SSSR count). The van der Waals surface area contributed by atoms with Crippen LogP contribution in [0.25, 0.3) is 10.6 Å². The molecule has 2 aromatic heterocycles. The standard InChI is InChI=1S/C16H20N4S/c1-11-16(12-6-8-20(11)9-7-12)17-15-5-4-13(18-19-15)14-3-2-10-21-14/h2-5,10-12,16H,6-9H2,1H3,(H,17,19)/t11-,16+/m1/s1.